The van der Waals surface area contributed by atoms with E-state index in [2.05, 4.69) is 16.5 Å². The van der Waals surface area contributed by atoms with Crippen LogP contribution >= 0.6 is 0 Å². The second-order valence-electron chi connectivity index (χ2n) is 6.42. The highest BCUT2D eigenvalue weighted by Gasteiger charge is 2.30. The minimum atomic E-state index is -4.48. The molecule has 0 saturated heterocycles. The molecule has 2 heterocycles. The molecule has 1 aromatic carbocycles. The molecular formula is C22H17F3N2O4. The molecule has 0 aliphatic heterocycles. The molecule has 6 nitrogen and oxygen atoms in total. The summed E-state index contributed by atoms with van der Waals surface area (Å²) in [5, 5.41) is 10.2. The Labute approximate surface area is 175 Å². The van der Waals surface area contributed by atoms with Gasteiger partial charge in [-0.1, -0.05) is 24.8 Å². The summed E-state index contributed by atoms with van der Waals surface area (Å²) in [5.41, 5.74) is -0.0612. The maximum Gasteiger partial charge on any atom is 0.417 e. The minimum absolute atomic E-state index is 0.0184. The largest absolute Gasteiger partial charge is 0.457 e. The summed E-state index contributed by atoms with van der Waals surface area (Å²) in [6, 6.07) is 11.6. The molecule has 0 saturated carbocycles. The van der Waals surface area contributed by atoms with Crippen molar-refractivity contribution in [2.24, 2.45) is 0 Å². The van der Waals surface area contributed by atoms with Crippen LogP contribution in [0.3, 0.4) is 0 Å². The molecule has 1 atom stereocenters. The lowest BCUT2D eigenvalue weighted by molar-refractivity contribution is -0.141. The Bertz CT molecular complexity index is 1050. The number of esters is 1. The van der Waals surface area contributed by atoms with E-state index in [1.165, 1.54) is 12.4 Å². The van der Waals surface area contributed by atoms with Crippen molar-refractivity contribution in [3.05, 3.63) is 96.0 Å². The summed E-state index contributed by atoms with van der Waals surface area (Å²) in [5.74, 6) is -0.503. The second-order valence-corrected chi connectivity index (χ2v) is 6.42. The standard InChI is InChI=1S/C22H17F3N2O4/c1-14(20(28)16-5-3-9-26-11-16)21(29)30-13-15-4-2-6-18(10-15)31-19-8-7-17(12-27-19)22(23,24)25/h2-12,20,28H,1,13H2/t20-/m1/s1. The van der Waals surface area contributed by atoms with Crippen LogP contribution in [-0.2, 0) is 22.3 Å². The second kappa shape index (κ2) is 9.40. The van der Waals surface area contributed by atoms with Gasteiger partial charge in [0.25, 0.3) is 0 Å². The first-order chi connectivity index (χ1) is 14.7. The van der Waals surface area contributed by atoms with Gasteiger partial charge in [-0.25, -0.2) is 9.78 Å². The normalized spacial score (nSPS) is 12.1. The van der Waals surface area contributed by atoms with Crippen molar-refractivity contribution in [1.29, 1.82) is 0 Å². The number of aromatic nitrogens is 2. The van der Waals surface area contributed by atoms with Crippen LogP contribution in [0.2, 0.25) is 0 Å². The molecule has 1 N–H and O–H groups in total. The van der Waals surface area contributed by atoms with Crippen LogP contribution in [0.5, 0.6) is 11.6 Å². The number of aliphatic hydroxyl groups is 1. The molecule has 0 radical (unpaired) electrons. The predicted octanol–water partition coefficient (Wildman–Crippen LogP) is 4.62. The number of halogens is 3. The van der Waals surface area contributed by atoms with Gasteiger partial charge in [0.1, 0.15) is 18.5 Å². The van der Waals surface area contributed by atoms with Crippen LogP contribution < -0.4 is 4.74 Å². The zero-order chi connectivity index (χ0) is 22.4. The van der Waals surface area contributed by atoms with E-state index in [1.807, 2.05) is 0 Å². The van der Waals surface area contributed by atoms with Gasteiger partial charge in [0.15, 0.2) is 0 Å². The van der Waals surface area contributed by atoms with E-state index in [0.717, 1.165) is 12.1 Å². The number of ether oxygens (including phenoxy) is 2. The Balaban J connectivity index is 1.59. The molecule has 0 aliphatic carbocycles. The molecule has 0 bridgehead atoms. The van der Waals surface area contributed by atoms with Gasteiger partial charge in [-0.05, 0) is 29.8 Å². The lowest BCUT2D eigenvalue weighted by atomic mass is 10.1. The topological polar surface area (TPSA) is 81.5 Å². The van der Waals surface area contributed by atoms with E-state index < -0.39 is 23.8 Å². The molecule has 2 aromatic heterocycles. The monoisotopic (exact) mass is 430 g/mol. The molecule has 0 fully saturated rings. The first kappa shape index (κ1) is 22.0. The number of pyridine rings is 2. The number of alkyl halides is 3. The smallest absolute Gasteiger partial charge is 0.417 e. The van der Waals surface area contributed by atoms with Crippen molar-refractivity contribution in [2.75, 3.05) is 0 Å². The first-order valence-electron chi connectivity index (χ1n) is 8.98. The maximum absolute atomic E-state index is 12.6. The summed E-state index contributed by atoms with van der Waals surface area (Å²) >= 11 is 0. The van der Waals surface area contributed by atoms with Crippen molar-refractivity contribution in [1.82, 2.24) is 9.97 Å². The van der Waals surface area contributed by atoms with Gasteiger partial charge in [-0.15, -0.1) is 0 Å². The highest BCUT2D eigenvalue weighted by molar-refractivity contribution is 5.89. The summed E-state index contributed by atoms with van der Waals surface area (Å²) < 4.78 is 48.4. The van der Waals surface area contributed by atoms with Crippen molar-refractivity contribution in [3.8, 4) is 11.6 Å². The van der Waals surface area contributed by atoms with Crippen LogP contribution in [0.1, 0.15) is 22.8 Å². The van der Waals surface area contributed by atoms with E-state index in [9.17, 15) is 23.1 Å². The summed E-state index contributed by atoms with van der Waals surface area (Å²) in [7, 11) is 0. The lowest BCUT2D eigenvalue weighted by Gasteiger charge is -2.13. The third-order valence-corrected chi connectivity index (χ3v) is 4.15. The minimum Gasteiger partial charge on any atom is -0.457 e. The van der Waals surface area contributed by atoms with E-state index in [4.69, 9.17) is 9.47 Å². The molecule has 160 valence electrons. The van der Waals surface area contributed by atoms with Gasteiger partial charge >= 0.3 is 12.1 Å². The average molecular weight is 430 g/mol. The van der Waals surface area contributed by atoms with Gasteiger partial charge < -0.3 is 14.6 Å². The van der Waals surface area contributed by atoms with Gasteiger partial charge in [0, 0.05) is 30.2 Å². The molecule has 0 unspecified atom stereocenters. The summed E-state index contributed by atoms with van der Waals surface area (Å²) in [6.07, 6.45) is -2.10. The van der Waals surface area contributed by atoms with Crippen LogP contribution in [0.15, 0.2) is 79.3 Å². The zero-order valence-corrected chi connectivity index (χ0v) is 16.0. The highest BCUT2D eigenvalue weighted by Crippen LogP contribution is 2.30. The fourth-order valence-electron chi connectivity index (χ4n) is 2.52. The van der Waals surface area contributed by atoms with Crippen LogP contribution in [0.25, 0.3) is 0 Å². The molecule has 0 amide bonds. The van der Waals surface area contributed by atoms with Crippen LogP contribution in [0, 0.1) is 0 Å². The number of benzene rings is 1. The van der Waals surface area contributed by atoms with Gasteiger partial charge in [0.2, 0.25) is 5.88 Å². The number of nitrogens with zero attached hydrogens (tertiary/aromatic N) is 2. The molecule has 0 spiro atoms. The van der Waals surface area contributed by atoms with Gasteiger partial charge in [0.05, 0.1) is 11.1 Å². The number of carbonyl (C=O) groups is 1. The third kappa shape index (κ3) is 5.89. The number of rotatable bonds is 7. The maximum atomic E-state index is 12.6. The molecule has 31 heavy (non-hydrogen) atoms. The Morgan fingerprint density at radius 3 is 2.58 bits per heavy atom. The summed E-state index contributed by atoms with van der Waals surface area (Å²) in [4.78, 5) is 19.7. The van der Waals surface area contributed by atoms with E-state index in [-0.39, 0.29) is 18.1 Å². The Hall–Kier alpha value is -3.72. The lowest BCUT2D eigenvalue weighted by Crippen LogP contribution is -2.14. The fourth-order valence-corrected chi connectivity index (χ4v) is 2.52. The fraction of sp³-hybridized carbons (Fsp3) is 0.136. The SMILES string of the molecule is C=C(C(=O)OCc1cccc(Oc2ccc(C(F)(F)F)cn2)c1)[C@@H](O)c1cccnc1. The third-order valence-electron chi connectivity index (χ3n) is 4.15. The Morgan fingerprint density at radius 2 is 1.94 bits per heavy atom. The van der Waals surface area contributed by atoms with Gasteiger partial charge in [-0.3, -0.25) is 4.98 Å². The Kier molecular flexibility index (Phi) is 6.66. The van der Waals surface area contributed by atoms with E-state index in [0.29, 0.717) is 23.1 Å². The van der Waals surface area contributed by atoms with E-state index >= 15 is 0 Å². The molecule has 3 rings (SSSR count). The highest BCUT2D eigenvalue weighted by atomic mass is 19.4. The first-order valence-corrected chi connectivity index (χ1v) is 8.98. The van der Waals surface area contributed by atoms with Crippen LogP contribution in [-0.4, -0.2) is 21.0 Å². The quantitative estimate of drug-likeness (QED) is 0.435. The molecule has 0 aliphatic rings. The predicted molar refractivity (Wildman–Crippen MR) is 104 cm³/mol. The van der Waals surface area contributed by atoms with E-state index in [1.54, 1.807) is 36.4 Å². The summed E-state index contributed by atoms with van der Waals surface area (Å²) in [6.45, 7) is 3.45. The Morgan fingerprint density at radius 1 is 1.13 bits per heavy atom. The van der Waals surface area contributed by atoms with Crippen molar-refractivity contribution >= 4 is 5.97 Å². The van der Waals surface area contributed by atoms with Gasteiger partial charge in [-0.2, -0.15) is 13.2 Å². The molecule has 3 aromatic rings. The van der Waals surface area contributed by atoms with Crippen LogP contribution in [0.4, 0.5) is 13.2 Å². The molecular weight excluding hydrogens is 413 g/mol. The number of hydrogen-bond acceptors (Lipinski definition) is 6. The number of carbonyl (C=O) groups excluding carboxylic acids is 1. The molecule has 9 heteroatoms. The van der Waals surface area contributed by atoms with Crippen molar-refractivity contribution in [3.63, 3.8) is 0 Å². The number of aliphatic hydroxyl groups excluding tert-OH is 1. The van der Waals surface area contributed by atoms with Crippen molar-refractivity contribution in [2.45, 2.75) is 18.9 Å². The zero-order valence-electron chi connectivity index (χ0n) is 16.0. The number of hydrogen-bond donors (Lipinski definition) is 1. The average Bonchev–Trinajstić information content (AvgIpc) is 2.77. The van der Waals surface area contributed by atoms with Crippen molar-refractivity contribution < 1.29 is 32.5 Å².